The van der Waals surface area contributed by atoms with Crippen LogP contribution in [0.2, 0.25) is 0 Å². The van der Waals surface area contributed by atoms with Crippen molar-refractivity contribution in [2.75, 3.05) is 19.3 Å². The van der Waals surface area contributed by atoms with Crippen molar-refractivity contribution in [3.63, 3.8) is 0 Å². The molecule has 0 saturated heterocycles. The maximum atomic E-state index is 5.02. The van der Waals surface area contributed by atoms with Crippen LogP contribution in [0.4, 0.5) is 0 Å². The van der Waals surface area contributed by atoms with E-state index in [1.807, 2.05) is 24.9 Å². The van der Waals surface area contributed by atoms with Gasteiger partial charge in [-0.15, -0.1) is 11.3 Å². The lowest BCUT2D eigenvalue weighted by atomic mass is 10.2. The van der Waals surface area contributed by atoms with Gasteiger partial charge in [0, 0.05) is 36.9 Å². The molecule has 1 aromatic heterocycles. The summed E-state index contributed by atoms with van der Waals surface area (Å²) in [5.41, 5.74) is 2.49. The Hall–Kier alpha value is -1.11. The van der Waals surface area contributed by atoms with Gasteiger partial charge in [0.25, 0.3) is 0 Å². The number of thioether (sulfide) groups is 1. The maximum Gasteiger partial charge on any atom is 0.166 e. The zero-order valence-electron chi connectivity index (χ0n) is 12.0. The Morgan fingerprint density at radius 1 is 1.33 bits per heavy atom. The van der Waals surface area contributed by atoms with Crippen molar-refractivity contribution >= 4 is 40.4 Å². The Morgan fingerprint density at radius 2 is 2.14 bits per heavy atom. The second kappa shape index (κ2) is 9.02. The Labute approximate surface area is 139 Å². The van der Waals surface area contributed by atoms with E-state index in [1.54, 1.807) is 11.3 Å². The van der Waals surface area contributed by atoms with E-state index in [1.165, 1.54) is 16.3 Å². The van der Waals surface area contributed by atoms with E-state index in [2.05, 4.69) is 40.3 Å². The van der Waals surface area contributed by atoms with Gasteiger partial charge in [0.05, 0.1) is 10.7 Å². The molecule has 0 radical (unpaired) electrons. The minimum Gasteiger partial charge on any atom is -0.366 e. The fourth-order valence-corrected chi connectivity index (χ4v) is 3.55. The molecule has 0 bridgehead atoms. The molecule has 2 rings (SSSR count). The summed E-state index contributed by atoms with van der Waals surface area (Å²) in [6.07, 6.45) is 0.925. The number of benzene rings is 1. The van der Waals surface area contributed by atoms with E-state index < -0.39 is 0 Å². The Kier molecular flexibility index (Phi) is 6.99. The van der Waals surface area contributed by atoms with E-state index in [-0.39, 0.29) is 0 Å². The molecular formula is C15H19N3S3. The lowest BCUT2D eigenvalue weighted by Crippen LogP contribution is -2.33. The van der Waals surface area contributed by atoms with Crippen molar-refractivity contribution < 1.29 is 0 Å². The molecule has 6 heteroatoms. The van der Waals surface area contributed by atoms with Crippen molar-refractivity contribution in [3.8, 4) is 0 Å². The largest absolute Gasteiger partial charge is 0.366 e. The monoisotopic (exact) mass is 337 g/mol. The van der Waals surface area contributed by atoms with Gasteiger partial charge in [-0.1, -0.05) is 30.3 Å². The smallest absolute Gasteiger partial charge is 0.166 e. The fraction of sp³-hybridized carbons (Fsp3) is 0.333. The molecule has 0 amide bonds. The third-order valence-corrected chi connectivity index (χ3v) is 5.05. The van der Waals surface area contributed by atoms with E-state index in [9.17, 15) is 0 Å². The molecule has 0 spiro atoms. The third-order valence-electron chi connectivity index (χ3n) is 2.81. The molecule has 21 heavy (non-hydrogen) atoms. The second-order valence-corrected chi connectivity index (χ2v) is 6.91. The lowest BCUT2D eigenvalue weighted by molar-refractivity contribution is 0.942. The van der Waals surface area contributed by atoms with Crippen LogP contribution in [-0.2, 0) is 12.2 Å². The van der Waals surface area contributed by atoms with Crippen molar-refractivity contribution in [2.24, 2.45) is 0 Å². The summed E-state index contributed by atoms with van der Waals surface area (Å²) in [7, 11) is 1.83. The predicted octanol–water partition coefficient (Wildman–Crippen LogP) is 3.06. The van der Waals surface area contributed by atoms with Crippen LogP contribution in [-0.4, -0.2) is 29.4 Å². The van der Waals surface area contributed by atoms with Crippen molar-refractivity contribution in [2.45, 2.75) is 12.2 Å². The summed E-state index contributed by atoms with van der Waals surface area (Å²) >= 11 is 8.64. The molecule has 0 atom stereocenters. The van der Waals surface area contributed by atoms with Crippen LogP contribution in [0.5, 0.6) is 0 Å². The molecule has 3 nitrogen and oxygen atoms in total. The maximum absolute atomic E-state index is 5.02. The van der Waals surface area contributed by atoms with Gasteiger partial charge in [0.2, 0.25) is 0 Å². The van der Waals surface area contributed by atoms with Gasteiger partial charge in [-0.05, 0) is 17.8 Å². The molecular weight excluding hydrogens is 318 g/mol. The van der Waals surface area contributed by atoms with Gasteiger partial charge in [-0.3, -0.25) is 0 Å². The molecule has 0 saturated carbocycles. The van der Waals surface area contributed by atoms with Crippen LogP contribution in [0.25, 0.3) is 0 Å². The standard InChI is InChI=1S/C15H19N3S3/c1-16-15(19)17-7-8-20-10-13-11-21-14(18-13)9-12-5-3-2-4-6-12/h2-6,11H,7-10H2,1H3,(H2,16,17,19). The highest BCUT2D eigenvalue weighted by Crippen LogP contribution is 2.18. The molecule has 2 N–H and O–H groups in total. The van der Waals surface area contributed by atoms with Gasteiger partial charge >= 0.3 is 0 Å². The number of rotatable bonds is 7. The van der Waals surface area contributed by atoms with Crippen LogP contribution in [0.1, 0.15) is 16.3 Å². The van der Waals surface area contributed by atoms with Gasteiger partial charge < -0.3 is 10.6 Å². The van der Waals surface area contributed by atoms with E-state index in [0.717, 1.165) is 24.5 Å². The Balaban J connectivity index is 1.70. The summed E-state index contributed by atoms with van der Waals surface area (Å²) in [6, 6.07) is 10.5. The lowest BCUT2D eigenvalue weighted by Gasteiger charge is -2.05. The second-order valence-electron chi connectivity index (χ2n) is 4.45. The number of thiazole rings is 1. The van der Waals surface area contributed by atoms with Crippen LogP contribution in [0, 0.1) is 0 Å². The van der Waals surface area contributed by atoms with Crippen LogP contribution >= 0.6 is 35.3 Å². The summed E-state index contributed by atoms with van der Waals surface area (Å²) < 4.78 is 0. The first-order valence-corrected chi connectivity index (χ1v) is 9.22. The van der Waals surface area contributed by atoms with Crippen molar-refractivity contribution in [1.82, 2.24) is 15.6 Å². The average molecular weight is 338 g/mol. The molecule has 0 aliphatic carbocycles. The highest BCUT2D eigenvalue weighted by molar-refractivity contribution is 7.98. The van der Waals surface area contributed by atoms with Crippen molar-refractivity contribution in [1.29, 1.82) is 0 Å². The zero-order chi connectivity index (χ0) is 14.9. The number of hydrogen-bond donors (Lipinski definition) is 2. The highest BCUT2D eigenvalue weighted by Gasteiger charge is 2.03. The number of aromatic nitrogens is 1. The van der Waals surface area contributed by atoms with Crippen LogP contribution in [0.15, 0.2) is 35.7 Å². The molecule has 0 unspecified atom stereocenters. The number of hydrogen-bond acceptors (Lipinski definition) is 4. The van der Waals surface area contributed by atoms with Crippen LogP contribution < -0.4 is 10.6 Å². The molecule has 0 fully saturated rings. The molecule has 1 aromatic carbocycles. The molecule has 112 valence electrons. The Bertz CT molecular complexity index is 554. The molecule has 1 heterocycles. The van der Waals surface area contributed by atoms with Gasteiger partial charge in [-0.2, -0.15) is 11.8 Å². The minimum atomic E-state index is 0.703. The summed E-state index contributed by atoms with van der Waals surface area (Å²) in [4.78, 5) is 4.69. The number of nitrogens with one attached hydrogen (secondary N) is 2. The van der Waals surface area contributed by atoms with Gasteiger partial charge in [-0.25, -0.2) is 4.98 Å². The number of thiocarbonyl (C=S) groups is 1. The summed E-state index contributed by atoms with van der Waals surface area (Å²) in [5, 5.41) is 10.1. The average Bonchev–Trinajstić information content (AvgIpc) is 2.95. The van der Waals surface area contributed by atoms with Gasteiger partial charge in [0.15, 0.2) is 5.11 Å². The van der Waals surface area contributed by atoms with Gasteiger partial charge in [0.1, 0.15) is 0 Å². The molecule has 2 aromatic rings. The van der Waals surface area contributed by atoms with E-state index >= 15 is 0 Å². The summed E-state index contributed by atoms with van der Waals surface area (Å²) in [5.74, 6) is 1.98. The first-order chi connectivity index (χ1) is 10.3. The fourth-order valence-electron chi connectivity index (χ4n) is 1.77. The Morgan fingerprint density at radius 3 is 2.90 bits per heavy atom. The molecule has 0 aliphatic rings. The SMILES string of the molecule is CNC(=S)NCCSCc1csc(Cc2ccccc2)n1. The van der Waals surface area contributed by atoms with Crippen LogP contribution in [0.3, 0.4) is 0 Å². The first kappa shape index (κ1) is 16.3. The zero-order valence-corrected chi connectivity index (χ0v) is 14.4. The third kappa shape index (κ3) is 6.03. The predicted molar refractivity (Wildman–Crippen MR) is 97.2 cm³/mol. The van der Waals surface area contributed by atoms with E-state index in [0.29, 0.717) is 5.11 Å². The topological polar surface area (TPSA) is 37.0 Å². The molecule has 0 aliphatic heterocycles. The minimum absolute atomic E-state index is 0.703. The van der Waals surface area contributed by atoms with E-state index in [4.69, 9.17) is 17.2 Å². The summed E-state index contributed by atoms with van der Waals surface area (Å²) in [6.45, 7) is 0.880. The van der Waals surface area contributed by atoms with Crippen molar-refractivity contribution in [3.05, 3.63) is 52.0 Å². The first-order valence-electron chi connectivity index (χ1n) is 6.78. The highest BCUT2D eigenvalue weighted by atomic mass is 32.2. The number of nitrogens with zero attached hydrogens (tertiary/aromatic N) is 1. The quantitative estimate of drug-likeness (QED) is 0.600. The normalized spacial score (nSPS) is 10.3.